The van der Waals surface area contributed by atoms with Crippen molar-refractivity contribution in [2.24, 2.45) is 0 Å². The summed E-state index contributed by atoms with van der Waals surface area (Å²) in [7, 11) is 1.66. The number of hydrogen-bond acceptors (Lipinski definition) is 4. The monoisotopic (exact) mass is 296 g/mol. The van der Waals surface area contributed by atoms with Crippen LogP contribution < -0.4 is 4.74 Å². The molecule has 16 heavy (non-hydrogen) atoms. The quantitative estimate of drug-likeness (QED) is 0.813. The molecule has 0 saturated carbocycles. The number of methoxy groups -OCH3 is 1. The van der Waals surface area contributed by atoms with Gasteiger partial charge in [0, 0.05) is 11.1 Å². The van der Waals surface area contributed by atoms with Gasteiger partial charge in [-0.2, -0.15) is 0 Å². The summed E-state index contributed by atoms with van der Waals surface area (Å²) in [5, 5.41) is 0.892. The van der Waals surface area contributed by atoms with Crippen molar-refractivity contribution in [3.8, 4) is 5.75 Å². The predicted octanol–water partition coefficient (Wildman–Crippen LogP) is 3.40. The molecule has 1 heterocycles. The average molecular weight is 297 g/mol. The Balaban J connectivity index is 2.24. The highest BCUT2D eigenvalue weighted by Gasteiger charge is 2.04. The lowest BCUT2D eigenvalue weighted by molar-refractivity contribution is 0.413. The minimum absolute atomic E-state index is 0.843. The Hall–Kier alpha value is -1.07. The molecule has 0 fully saturated rings. The van der Waals surface area contributed by atoms with Crippen LogP contribution in [0.15, 0.2) is 51.2 Å². The molecular weight excluding hydrogens is 288 g/mol. The fourth-order valence-corrected chi connectivity index (χ4v) is 2.41. The smallest absolute Gasteiger partial charge is 0.119 e. The van der Waals surface area contributed by atoms with E-state index in [0.717, 1.165) is 20.1 Å². The van der Waals surface area contributed by atoms with Crippen molar-refractivity contribution >= 4 is 27.7 Å². The van der Waals surface area contributed by atoms with E-state index in [1.807, 2.05) is 24.3 Å². The Morgan fingerprint density at radius 3 is 3.00 bits per heavy atom. The highest BCUT2D eigenvalue weighted by molar-refractivity contribution is 9.10. The van der Waals surface area contributed by atoms with Gasteiger partial charge in [-0.3, -0.25) is 0 Å². The molecular formula is C11H9BrN2OS. The molecule has 5 heteroatoms. The van der Waals surface area contributed by atoms with Gasteiger partial charge in [-0.25, -0.2) is 9.97 Å². The van der Waals surface area contributed by atoms with Gasteiger partial charge in [0.1, 0.15) is 17.1 Å². The minimum Gasteiger partial charge on any atom is -0.497 e. The molecule has 3 nitrogen and oxygen atoms in total. The van der Waals surface area contributed by atoms with Crippen molar-refractivity contribution in [1.82, 2.24) is 9.97 Å². The fourth-order valence-electron chi connectivity index (χ4n) is 1.15. The van der Waals surface area contributed by atoms with E-state index in [4.69, 9.17) is 4.74 Å². The number of aromatic nitrogens is 2. The SMILES string of the molecule is COc1cccc(Sc2ncncc2Br)c1. The molecule has 0 bridgehead atoms. The van der Waals surface area contributed by atoms with Gasteiger partial charge in [0.15, 0.2) is 0 Å². The maximum absolute atomic E-state index is 5.16. The van der Waals surface area contributed by atoms with Crippen molar-refractivity contribution in [2.45, 2.75) is 9.92 Å². The topological polar surface area (TPSA) is 35.0 Å². The second-order valence-electron chi connectivity index (χ2n) is 2.96. The second kappa shape index (κ2) is 5.32. The zero-order valence-electron chi connectivity index (χ0n) is 8.55. The van der Waals surface area contributed by atoms with E-state index in [9.17, 15) is 0 Å². The number of hydrogen-bond donors (Lipinski definition) is 0. The van der Waals surface area contributed by atoms with Crippen LogP contribution >= 0.6 is 27.7 Å². The molecule has 0 spiro atoms. The number of benzene rings is 1. The third kappa shape index (κ3) is 2.74. The maximum Gasteiger partial charge on any atom is 0.119 e. The van der Waals surface area contributed by atoms with E-state index in [1.54, 1.807) is 25.1 Å². The molecule has 0 N–H and O–H groups in total. The summed E-state index contributed by atoms with van der Waals surface area (Å²) in [4.78, 5) is 9.20. The van der Waals surface area contributed by atoms with Crippen LogP contribution in [-0.2, 0) is 0 Å². The van der Waals surface area contributed by atoms with Gasteiger partial charge in [0.05, 0.1) is 11.6 Å². The zero-order chi connectivity index (χ0) is 11.4. The van der Waals surface area contributed by atoms with Crippen LogP contribution in [0.3, 0.4) is 0 Å². The zero-order valence-corrected chi connectivity index (χ0v) is 11.0. The van der Waals surface area contributed by atoms with Crippen LogP contribution in [0, 0.1) is 0 Å². The molecule has 2 rings (SSSR count). The first-order valence-electron chi connectivity index (χ1n) is 4.57. The molecule has 0 unspecified atom stereocenters. The normalized spacial score (nSPS) is 10.1. The van der Waals surface area contributed by atoms with Crippen LogP contribution in [0.4, 0.5) is 0 Å². The molecule has 0 aliphatic rings. The summed E-state index contributed by atoms with van der Waals surface area (Å²) in [6.07, 6.45) is 3.27. The van der Waals surface area contributed by atoms with Gasteiger partial charge in [-0.1, -0.05) is 17.8 Å². The van der Waals surface area contributed by atoms with Crippen molar-refractivity contribution < 1.29 is 4.74 Å². The summed E-state index contributed by atoms with van der Waals surface area (Å²) in [6, 6.07) is 7.86. The molecule has 0 aliphatic carbocycles. The number of ether oxygens (including phenoxy) is 1. The third-order valence-corrected chi connectivity index (χ3v) is 3.74. The fraction of sp³-hybridized carbons (Fsp3) is 0.0909. The lowest BCUT2D eigenvalue weighted by atomic mass is 10.3. The highest BCUT2D eigenvalue weighted by atomic mass is 79.9. The largest absolute Gasteiger partial charge is 0.497 e. The van der Waals surface area contributed by atoms with E-state index in [2.05, 4.69) is 25.9 Å². The summed E-state index contributed by atoms with van der Waals surface area (Å²) in [6.45, 7) is 0. The van der Waals surface area contributed by atoms with Crippen molar-refractivity contribution in [2.75, 3.05) is 7.11 Å². The van der Waals surface area contributed by atoms with Crippen molar-refractivity contribution in [3.05, 3.63) is 41.3 Å². The van der Waals surface area contributed by atoms with Gasteiger partial charge >= 0.3 is 0 Å². The molecule has 1 aromatic heterocycles. The molecule has 82 valence electrons. The Labute approximate surface area is 106 Å². The molecule has 0 amide bonds. The first-order valence-corrected chi connectivity index (χ1v) is 6.18. The van der Waals surface area contributed by atoms with Crippen molar-refractivity contribution in [3.63, 3.8) is 0 Å². The van der Waals surface area contributed by atoms with Crippen molar-refractivity contribution in [1.29, 1.82) is 0 Å². The Bertz CT molecular complexity index is 493. The van der Waals surface area contributed by atoms with Crippen LogP contribution in [0.2, 0.25) is 0 Å². The Morgan fingerprint density at radius 1 is 1.38 bits per heavy atom. The van der Waals surface area contributed by atoms with Gasteiger partial charge in [0.2, 0.25) is 0 Å². The van der Waals surface area contributed by atoms with E-state index in [-0.39, 0.29) is 0 Å². The average Bonchev–Trinajstić information content (AvgIpc) is 2.32. The van der Waals surface area contributed by atoms with E-state index < -0.39 is 0 Å². The summed E-state index contributed by atoms with van der Waals surface area (Å²) in [5.74, 6) is 0.843. The maximum atomic E-state index is 5.16. The summed E-state index contributed by atoms with van der Waals surface area (Å²) >= 11 is 4.98. The summed E-state index contributed by atoms with van der Waals surface area (Å²) in [5.41, 5.74) is 0. The lowest BCUT2D eigenvalue weighted by Crippen LogP contribution is -1.85. The molecule has 0 saturated heterocycles. The van der Waals surface area contributed by atoms with E-state index in [1.165, 1.54) is 6.33 Å². The lowest BCUT2D eigenvalue weighted by Gasteiger charge is -2.04. The summed E-state index contributed by atoms with van der Waals surface area (Å²) < 4.78 is 6.06. The molecule has 0 radical (unpaired) electrons. The first-order chi connectivity index (χ1) is 7.79. The van der Waals surface area contributed by atoms with E-state index in [0.29, 0.717) is 0 Å². The molecule has 1 aromatic carbocycles. The molecule has 0 atom stereocenters. The molecule has 2 aromatic rings. The van der Waals surface area contributed by atoms with Crippen LogP contribution in [0.25, 0.3) is 0 Å². The Morgan fingerprint density at radius 2 is 2.25 bits per heavy atom. The third-order valence-electron chi connectivity index (χ3n) is 1.89. The first kappa shape index (κ1) is 11.4. The standard InChI is InChI=1S/C11H9BrN2OS/c1-15-8-3-2-4-9(5-8)16-11-10(12)6-13-7-14-11/h2-7H,1H3. The number of rotatable bonds is 3. The van der Waals surface area contributed by atoms with Gasteiger partial charge in [-0.05, 0) is 34.1 Å². The van der Waals surface area contributed by atoms with Gasteiger partial charge in [0.25, 0.3) is 0 Å². The Kier molecular flexibility index (Phi) is 3.79. The highest BCUT2D eigenvalue weighted by Crippen LogP contribution is 2.32. The van der Waals surface area contributed by atoms with E-state index >= 15 is 0 Å². The van der Waals surface area contributed by atoms with Crippen LogP contribution in [0.5, 0.6) is 5.75 Å². The minimum atomic E-state index is 0.843. The van der Waals surface area contributed by atoms with Crippen LogP contribution in [-0.4, -0.2) is 17.1 Å². The molecule has 0 aliphatic heterocycles. The van der Waals surface area contributed by atoms with Crippen LogP contribution in [0.1, 0.15) is 0 Å². The van der Waals surface area contributed by atoms with Gasteiger partial charge < -0.3 is 4.74 Å². The second-order valence-corrected chi connectivity index (χ2v) is 4.87. The number of halogens is 1. The number of nitrogens with zero attached hydrogens (tertiary/aromatic N) is 2. The van der Waals surface area contributed by atoms with Gasteiger partial charge in [-0.15, -0.1) is 0 Å². The predicted molar refractivity (Wildman–Crippen MR) is 66.8 cm³/mol.